The van der Waals surface area contributed by atoms with Crippen LogP contribution in [0.15, 0.2) is 67.3 Å². The van der Waals surface area contributed by atoms with Crippen molar-refractivity contribution < 1.29 is 28.5 Å². The van der Waals surface area contributed by atoms with E-state index in [1.54, 1.807) is 31.2 Å². The van der Waals surface area contributed by atoms with E-state index in [1.807, 2.05) is 36.4 Å². The minimum absolute atomic E-state index is 0.0967. The van der Waals surface area contributed by atoms with E-state index in [9.17, 15) is 9.59 Å². The third kappa shape index (κ3) is 7.34. The number of hydrogen-bond acceptors (Lipinski definition) is 6. The second kappa shape index (κ2) is 13.2. The Hall–Kier alpha value is -3.80. The Labute approximate surface area is 206 Å². The highest BCUT2D eigenvalue weighted by Gasteiger charge is 2.15. The zero-order chi connectivity index (χ0) is 25.0. The summed E-state index contributed by atoms with van der Waals surface area (Å²) in [6, 6.07) is 16.7. The molecule has 184 valence electrons. The van der Waals surface area contributed by atoms with Crippen LogP contribution in [-0.4, -0.2) is 38.2 Å². The number of unbranched alkanes of at least 4 members (excludes halogenated alkanes) is 2. The van der Waals surface area contributed by atoms with Crippen molar-refractivity contribution in [1.82, 2.24) is 0 Å². The lowest BCUT2D eigenvalue weighted by Crippen LogP contribution is -2.07. The first-order valence-corrected chi connectivity index (χ1v) is 11.9. The lowest BCUT2D eigenvalue weighted by molar-refractivity contribution is 0.0526. The van der Waals surface area contributed by atoms with Crippen molar-refractivity contribution in [3.05, 3.63) is 78.4 Å². The average Bonchev–Trinajstić information content (AvgIpc) is 2.86. The van der Waals surface area contributed by atoms with E-state index in [-0.39, 0.29) is 11.8 Å². The first-order chi connectivity index (χ1) is 17.0. The van der Waals surface area contributed by atoms with Crippen LogP contribution in [-0.2, 0) is 4.74 Å². The third-order valence-electron chi connectivity index (χ3n) is 5.33. The molecule has 6 nitrogen and oxygen atoms in total. The molecule has 0 aromatic heterocycles. The van der Waals surface area contributed by atoms with Gasteiger partial charge in [-0.2, -0.15) is 0 Å². The Balaban J connectivity index is 1.43. The summed E-state index contributed by atoms with van der Waals surface area (Å²) in [7, 11) is 0. The number of Topliss-reactive ketones (excluding diaryl/α,β-unsaturated/α-hetero) is 1. The standard InChI is InChI=1S/C29H32O6/c1-4-16-34-26-10-9-11-27(28(26)21(3)30)35-18-8-6-7-17-33-25-15-14-22-19-24(29(31)32-5-2)13-12-23(22)20-25/h4,9-15,19-20H,1,5-8,16-18H2,2-3H3. The van der Waals surface area contributed by atoms with Crippen molar-refractivity contribution in [2.45, 2.75) is 33.1 Å². The summed E-state index contributed by atoms with van der Waals surface area (Å²) in [5.74, 6) is 1.43. The Morgan fingerprint density at radius 1 is 0.857 bits per heavy atom. The number of carbonyl (C=O) groups excluding carboxylic acids is 2. The molecular formula is C29H32O6. The predicted molar refractivity (Wildman–Crippen MR) is 137 cm³/mol. The number of ether oxygens (including phenoxy) is 4. The second-order valence-corrected chi connectivity index (χ2v) is 7.99. The number of benzene rings is 3. The molecule has 35 heavy (non-hydrogen) atoms. The van der Waals surface area contributed by atoms with Gasteiger partial charge in [0.2, 0.25) is 0 Å². The normalized spacial score (nSPS) is 10.6. The topological polar surface area (TPSA) is 71.1 Å². The van der Waals surface area contributed by atoms with Gasteiger partial charge in [-0.1, -0.05) is 30.9 Å². The maximum atomic E-state index is 12.1. The van der Waals surface area contributed by atoms with Gasteiger partial charge in [0, 0.05) is 0 Å². The van der Waals surface area contributed by atoms with Crippen molar-refractivity contribution in [2.75, 3.05) is 26.4 Å². The van der Waals surface area contributed by atoms with Gasteiger partial charge in [0.25, 0.3) is 0 Å². The molecule has 0 fully saturated rings. The summed E-state index contributed by atoms with van der Waals surface area (Å²) < 4.78 is 22.4. The van der Waals surface area contributed by atoms with Crippen LogP contribution in [0.25, 0.3) is 10.8 Å². The van der Waals surface area contributed by atoms with E-state index in [0.717, 1.165) is 35.8 Å². The van der Waals surface area contributed by atoms with E-state index in [4.69, 9.17) is 18.9 Å². The van der Waals surface area contributed by atoms with Crippen LogP contribution in [0.5, 0.6) is 17.2 Å². The van der Waals surface area contributed by atoms with E-state index < -0.39 is 0 Å². The Kier molecular flexibility index (Phi) is 9.72. The van der Waals surface area contributed by atoms with Crippen molar-refractivity contribution in [3.8, 4) is 17.2 Å². The van der Waals surface area contributed by atoms with Crippen molar-refractivity contribution in [2.24, 2.45) is 0 Å². The molecule has 3 rings (SSSR count). The molecular weight excluding hydrogens is 444 g/mol. The second-order valence-electron chi connectivity index (χ2n) is 7.99. The summed E-state index contributed by atoms with van der Waals surface area (Å²) in [4.78, 5) is 24.0. The number of fused-ring (bicyclic) bond motifs is 1. The molecule has 0 unspecified atom stereocenters. The highest BCUT2D eigenvalue weighted by Crippen LogP contribution is 2.29. The highest BCUT2D eigenvalue weighted by molar-refractivity contribution is 5.99. The quantitative estimate of drug-likeness (QED) is 0.116. The molecule has 0 atom stereocenters. The number of rotatable bonds is 14. The fourth-order valence-corrected chi connectivity index (χ4v) is 3.66. The minimum Gasteiger partial charge on any atom is -0.494 e. The van der Waals surface area contributed by atoms with Crippen LogP contribution in [0.1, 0.15) is 53.8 Å². The Morgan fingerprint density at radius 3 is 2.26 bits per heavy atom. The smallest absolute Gasteiger partial charge is 0.338 e. The van der Waals surface area contributed by atoms with Gasteiger partial charge >= 0.3 is 5.97 Å². The summed E-state index contributed by atoms with van der Waals surface area (Å²) >= 11 is 0. The molecule has 0 heterocycles. The van der Waals surface area contributed by atoms with Crippen LogP contribution in [0.4, 0.5) is 0 Å². The van der Waals surface area contributed by atoms with Crippen LogP contribution >= 0.6 is 0 Å². The average molecular weight is 477 g/mol. The van der Waals surface area contributed by atoms with Crippen molar-refractivity contribution >= 4 is 22.5 Å². The monoisotopic (exact) mass is 476 g/mol. The maximum absolute atomic E-state index is 12.1. The molecule has 0 saturated carbocycles. The number of ketones is 1. The molecule has 0 aliphatic carbocycles. The van der Waals surface area contributed by atoms with Crippen LogP contribution in [0.3, 0.4) is 0 Å². The van der Waals surface area contributed by atoms with E-state index in [0.29, 0.717) is 49.1 Å². The van der Waals surface area contributed by atoms with Gasteiger partial charge in [-0.3, -0.25) is 4.79 Å². The predicted octanol–water partition coefficient (Wildman–Crippen LogP) is 6.41. The van der Waals surface area contributed by atoms with Gasteiger partial charge in [-0.25, -0.2) is 4.79 Å². The first kappa shape index (κ1) is 25.8. The van der Waals surface area contributed by atoms with Crippen LogP contribution in [0, 0.1) is 0 Å². The summed E-state index contributed by atoms with van der Waals surface area (Å²) in [5, 5.41) is 1.97. The molecule has 0 N–H and O–H groups in total. The van der Waals surface area contributed by atoms with Gasteiger partial charge in [-0.15, -0.1) is 0 Å². The SMILES string of the molecule is C=CCOc1cccc(OCCCCCOc2ccc3cc(C(=O)OCC)ccc3c2)c1C(C)=O. The van der Waals surface area contributed by atoms with E-state index in [1.165, 1.54) is 6.92 Å². The molecule has 0 spiro atoms. The summed E-state index contributed by atoms with van der Waals surface area (Å²) in [6.45, 7) is 8.72. The molecule has 3 aromatic carbocycles. The number of hydrogen-bond donors (Lipinski definition) is 0. The molecule has 0 bridgehead atoms. The van der Waals surface area contributed by atoms with Gasteiger partial charge in [0.05, 0.1) is 25.4 Å². The fourth-order valence-electron chi connectivity index (χ4n) is 3.66. The maximum Gasteiger partial charge on any atom is 0.338 e. The zero-order valence-corrected chi connectivity index (χ0v) is 20.4. The van der Waals surface area contributed by atoms with Crippen molar-refractivity contribution in [3.63, 3.8) is 0 Å². The number of esters is 1. The van der Waals surface area contributed by atoms with Gasteiger partial charge in [0.15, 0.2) is 5.78 Å². The van der Waals surface area contributed by atoms with Crippen LogP contribution in [0.2, 0.25) is 0 Å². The molecule has 0 saturated heterocycles. The molecule has 0 aliphatic rings. The summed E-state index contributed by atoms with van der Waals surface area (Å²) in [5.41, 5.74) is 1.00. The minimum atomic E-state index is -0.315. The highest BCUT2D eigenvalue weighted by atomic mass is 16.5. The van der Waals surface area contributed by atoms with Gasteiger partial charge in [-0.05, 0) is 80.3 Å². The lowest BCUT2D eigenvalue weighted by Gasteiger charge is -2.14. The lowest BCUT2D eigenvalue weighted by atomic mass is 10.1. The largest absolute Gasteiger partial charge is 0.494 e. The first-order valence-electron chi connectivity index (χ1n) is 11.9. The van der Waals surface area contributed by atoms with E-state index in [2.05, 4.69) is 6.58 Å². The Bertz CT molecular complexity index is 1170. The van der Waals surface area contributed by atoms with Crippen LogP contribution < -0.4 is 14.2 Å². The molecule has 0 aliphatic heterocycles. The van der Waals surface area contributed by atoms with Crippen molar-refractivity contribution in [1.29, 1.82) is 0 Å². The summed E-state index contributed by atoms with van der Waals surface area (Å²) in [6.07, 6.45) is 4.29. The van der Waals surface area contributed by atoms with Gasteiger partial charge < -0.3 is 18.9 Å². The van der Waals surface area contributed by atoms with E-state index >= 15 is 0 Å². The molecule has 0 radical (unpaired) electrons. The molecule has 0 amide bonds. The zero-order valence-electron chi connectivity index (χ0n) is 20.4. The third-order valence-corrected chi connectivity index (χ3v) is 5.33. The van der Waals surface area contributed by atoms with Gasteiger partial charge in [0.1, 0.15) is 29.4 Å². The molecule has 3 aromatic rings. The molecule has 6 heteroatoms. The number of carbonyl (C=O) groups is 2. The fraction of sp³-hybridized carbons (Fsp3) is 0.310. The Morgan fingerprint density at radius 2 is 1.54 bits per heavy atom.